The first-order chi connectivity index (χ1) is 7.79. The Morgan fingerprint density at radius 2 is 2.12 bits per heavy atom. The van der Waals surface area contributed by atoms with Gasteiger partial charge in [-0.05, 0) is 44.1 Å². The van der Waals surface area contributed by atoms with Crippen LogP contribution in [-0.2, 0) is 0 Å². The molecule has 0 saturated carbocycles. The molecule has 1 unspecified atom stereocenters. The third kappa shape index (κ3) is 2.68. The molecule has 0 spiro atoms. The van der Waals surface area contributed by atoms with Gasteiger partial charge >= 0.3 is 0 Å². The van der Waals surface area contributed by atoms with Crippen LogP contribution in [0.1, 0.15) is 55.1 Å². The van der Waals surface area contributed by atoms with Gasteiger partial charge in [-0.3, -0.25) is 0 Å². The van der Waals surface area contributed by atoms with Crippen molar-refractivity contribution in [2.75, 3.05) is 0 Å². The number of aryl methyl sites for hydroxylation is 1. The Morgan fingerprint density at radius 3 is 2.88 bits per heavy atom. The van der Waals surface area contributed by atoms with Crippen LogP contribution in [0.2, 0.25) is 0 Å². The van der Waals surface area contributed by atoms with E-state index in [0.717, 1.165) is 17.0 Å². The number of nitrogens with two attached hydrogens (primary N) is 1. The van der Waals surface area contributed by atoms with E-state index in [1.807, 2.05) is 6.92 Å². The van der Waals surface area contributed by atoms with Crippen LogP contribution in [0, 0.1) is 6.92 Å². The van der Waals surface area contributed by atoms with E-state index in [4.69, 9.17) is 5.73 Å². The lowest BCUT2D eigenvalue weighted by Crippen LogP contribution is -2.14. The van der Waals surface area contributed by atoms with Crippen molar-refractivity contribution in [1.29, 1.82) is 0 Å². The van der Waals surface area contributed by atoms with Crippen molar-refractivity contribution in [2.45, 2.75) is 51.5 Å². The molecule has 16 heavy (non-hydrogen) atoms. The highest BCUT2D eigenvalue weighted by atomic mass is 32.1. The number of aromatic nitrogens is 2. The fraction of sp³-hybridized carbons (Fsp3) is 0.667. The molecular formula is C12H19N3S. The summed E-state index contributed by atoms with van der Waals surface area (Å²) < 4.78 is 3.96. The zero-order valence-electron chi connectivity index (χ0n) is 9.78. The van der Waals surface area contributed by atoms with E-state index in [0.29, 0.717) is 0 Å². The maximum absolute atomic E-state index is 6.30. The average Bonchev–Trinajstić information content (AvgIpc) is 2.63. The fourth-order valence-electron chi connectivity index (χ4n) is 2.19. The van der Waals surface area contributed by atoms with E-state index in [2.05, 4.69) is 15.7 Å². The highest BCUT2D eigenvalue weighted by Gasteiger charge is 2.17. The average molecular weight is 237 g/mol. The van der Waals surface area contributed by atoms with Crippen molar-refractivity contribution in [2.24, 2.45) is 5.73 Å². The van der Waals surface area contributed by atoms with Gasteiger partial charge in [-0.1, -0.05) is 29.0 Å². The Kier molecular flexibility index (Phi) is 4.07. The van der Waals surface area contributed by atoms with Crippen molar-refractivity contribution in [3.8, 4) is 0 Å². The molecule has 2 N–H and O–H groups in total. The van der Waals surface area contributed by atoms with E-state index in [1.165, 1.54) is 49.2 Å². The minimum Gasteiger partial charge on any atom is -0.320 e. The van der Waals surface area contributed by atoms with E-state index < -0.39 is 0 Å². The second kappa shape index (κ2) is 5.55. The van der Waals surface area contributed by atoms with Gasteiger partial charge in [0, 0.05) is 0 Å². The minimum atomic E-state index is 0.0260. The first-order valence-electron chi connectivity index (χ1n) is 6.02. The van der Waals surface area contributed by atoms with Crippen molar-refractivity contribution in [3.05, 3.63) is 22.2 Å². The molecule has 1 aromatic rings. The molecule has 3 nitrogen and oxygen atoms in total. The van der Waals surface area contributed by atoms with Crippen LogP contribution in [0.15, 0.2) is 11.6 Å². The van der Waals surface area contributed by atoms with Crippen LogP contribution >= 0.6 is 11.5 Å². The summed E-state index contributed by atoms with van der Waals surface area (Å²) in [5.41, 5.74) is 8.67. The van der Waals surface area contributed by atoms with Crippen LogP contribution < -0.4 is 5.73 Å². The van der Waals surface area contributed by atoms with Gasteiger partial charge < -0.3 is 5.73 Å². The molecule has 0 amide bonds. The first-order valence-corrected chi connectivity index (χ1v) is 6.79. The SMILES string of the molecule is Cc1nnsc1C(N)C1=CCCCCCC1. The summed E-state index contributed by atoms with van der Waals surface area (Å²) in [5, 5.41) is 4.04. The van der Waals surface area contributed by atoms with Gasteiger partial charge in [-0.15, -0.1) is 5.10 Å². The van der Waals surface area contributed by atoms with E-state index in [1.54, 1.807) is 0 Å². The smallest absolute Gasteiger partial charge is 0.0776 e. The highest BCUT2D eigenvalue weighted by molar-refractivity contribution is 7.05. The molecule has 0 saturated heterocycles. The molecule has 0 bridgehead atoms. The number of nitrogens with zero attached hydrogens (tertiary/aromatic N) is 2. The molecule has 0 fully saturated rings. The third-order valence-corrected chi connectivity index (χ3v) is 4.10. The monoisotopic (exact) mass is 237 g/mol. The number of hydrogen-bond acceptors (Lipinski definition) is 4. The molecule has 4 heteroatoms. The lowest BCUT2D eigenvalue weighted by Gasteiger charge is -2.17. The van der Waals surface area contributed by atoms with Crippen molar-refractivity contribution < 1.29 is 0 Å². The predicted octanol–water partition coefficient (Wildman–Crippen LogP) is 3.13. The Bertz CT molecular complexity index is 370. The Labute approximate surface area is 101 Å². The molecule has 0 radical (unpaired) electrons. The maximum atomic E-state index is 6.30. The second-order valence-electron chi connectivity index (χ2n) is 4.43. The summed E-state index contributed by atoms with van der Waals surface area (Å²) in [6, 6.07) is 0.0260. The highest BCUT2D eigenvalue weighted by Crippen LogP contribution is 2.29. The maximum Gasteiger partial charge on any atom is 0.0776 e. The first kappa shape index (κ1) is 11.7. The van der Waals surface area contributed by atoms with Gasteiger partial charge in [0.2, 0.25) is 0 Å². The molecule has 1 aliphatic carbocycles. The summed E-state index contributed by atoms with van der Waals surface area (Å²) in [6.45, 7) is 1.99. The molecule has 1 aliphatic rings. The van der Waals surface area contributed by atoms with E-state index >= 15 is 0 Å². The van der Waals surface area contributed by atoms with Crippen LogP contribution in [0.5, 0.6) is 0 Å². The van der Waals surface area contributed by atoms with Gasteiger partial charge in [0.25, 0.3) is 0 Å². The van der Waals surface area contributed by atoms with Crippen LogP contribution in [0.4, 0.5) is 0 Å². The summed E-state index contributed by atoms with van der Waals surface area (Å²) in [5.74, 6) is 0. The van der Waals surface area contributed by atoms with Crippen molar-refractivity contribution in [3.63, 3.8) is 0 Å². The van der Waals surface area contributed by atoms with Crippen LogP contribution in [0.25, 0.3) is 0 Å². The summed E-state index contributed by atoms with van der Waals surface area (Å²) >= 11 is 1.44. The molecule has 1 heterocycles. The molecule has 1 atom stereocenters. The molecule has 88 valence electrons. The largest absolute Gasteiger partial charge is 0.320 e. The lowest BCUT2D eigenvalue weighted by molar-refractivity contribution is 0.603. The quantitative estimate of drug-likeness (QED) is 0.804. The van der Waals surface area contributed by atoms with Gasteiger partial charge in [0.05, 0.1) is 16.6 Å². The summed E-state index contributed by atoms with van der Waals surface area (Å²) in [7, 11) is 0. The molecular weight excluding hydrogens is 218 g/mol. The Balaban J connectivity index is 2.13. The van der Waals surface area contributed by atoms with E-state index in [-0.39, 0.29) is 6.04 Å². The zero-order chi connectivity index (χ0) is 11.4. The Morgan fingerprint density at radius 1 is 1.31 bits per heavy atom. The third-order valence-electron chi connectivity index (χ3n) is 3.19. The van der Waals surface area contributed by atoms with Crippen molar-refractivity contribution in [1.82, 2.24) is 9.59 Å². The lowest BCUT2D eigenvalue weighted by atomic mass is 9.94. The Hall–Kier alpha value is -0.740. The van der Waals surface area contributed by atoms with Gasteiger partial charge in [0.15, 0.2) is 0 Å². The van der Waals surface area contributed by atoms with Crippen LogP contribution in [-0.4, -0.2) is 9.59 Å². The minimum absolute atomic E-state index is 0.0260. The second-order valence-corrected chi connectivity index (χ2v) is 5.22. The molecule has 1 aromatic heterocycles. The van der Waals surface area contributed by atoms with Gasteiger partial charge in [0.1, 0.15) is 0 Å². The standard InChI is InChI=1S/C12H19N3S/c1-9-12(16-15-14-9)11(13)10-7-5-3-2-4-6-8-10/h7,11H,2-6,8,13H2,1H3. The number of hydrogen-bond donors (Lipinski definition) is 1. The fourth-order valence-corrected chi connectivity index (χ4v) is 2.88. The number of allylic oxidation sites excluding steroid dienone is 1. The summed E-state index contributed by atoms with van der Waals surface area (Å²) in [6.07, 6.45) is 9.92. The van der Waals surface area contributed by atoms with E-state index in [9.17, 15) is 0 Å². The van der Waals surface area contributed by atoms with Crippen LogP contribution in [0.3, 0.4) is 0 Å². The summed E-state index contributed by atoms with van der Waals surface area (Å²) in [4.78, 5) is 1.13. The normalized spacial score (nSPS) is 19.8. The predicted molar refractivity (Wildman–Crippen MR) is 67.4 cm³/mol. The van der Waals surface area contributed by atoms with Gasteiger partial charge in [-0.25, -0.2) is 0 Å². The van der Waals surface area contributed by atoms with Crippen molar-refractivity contribution >= 4 is 11.5 Å². The topological polar surface area (TPSA) is 51.8 Å². The van der Waals surface area contributed by atoms with Gasteiger partial charge in [-0.2, -0.15) is 0 Å². The molecule has 0 aromatic carbocycles. The molecule has 0 aliphatic heterocycles. The number of rotatable bonds is 2. The zero-order valence-corrected chi connectivity index (χ0v) is 10.6. The molecule has 2 rings (SSSR count).